The maximum absolute atomic E-state index is 12.0. The van der Waals surface area contributed by atoms with Crippen LogP contribution in [0.5, 0.6) is 0 Å². The number of ether oxygens (including phenoxy) is 1. The van der Waals surface area contributed by atoms with Crippen molar-refractivity contribution in [1.29, 1.82) is 0 Å². The largest absolute Gasteiger partial charge is 0.395 e. The Morgan fingerprint density at radius 3 is 2.90 bits per heavy atom. The van der Waals surface area contributed by atoms with E-state index in [2.05, 4.69) is 22.3 Å². The van der Waals surface area contributed by atoms with Crippen molar-refractivity contribution in [2.24, 2.45) is 0 Å². The van der Waals surface area contributed by atoms with E-state index >= 15 is 0 Å². The predicted octanol–water partition coefficient (Wildman–Crippen LogP) is -0.207. The molecule has 1 amide bonds. The fraction of sp³-hybridized carbons (Fsp3) is 0.429. The molecule has 0 saturated carbocycles. The lowest BCUT2D eigenvalue weighted by atomic mass is 10.2. The van der Waals surface area contributed by atoms with E-state index in [4.69, 9.17) is 9.84 Å². The third kappa shape index (κ3) is 4.31. The van der Waals surface area contributed by atoms with Crippen molar-refractivity contribution in [2.75, 3.05) is 32.9 Å². The van der Waals surface area contributed by atoms with Crippen LogP contribution in [0.3, 0.4) is 0 Å². The van der Waals surface area contributed by atoms with Crippen molar-refractivity contribution < 1.29 is 14.6 Å². The number of morpholine rings is 1. The number of hydrogen-bond donors (Lipinski definition) is 2. The van der Waals surface area contributed by atoms with Gasteiger partial charge in [-0.2, -0.15) is 0 Å². The Morgan fingerprint density at radius 1 is 1.45 bits per heavy atom. The Kier molecular flexibility index (Phi) is 5.50. The number of hydrazine groups is 1. The fourth-order valence-electron chi connectivity index (χ4n) is 1.70. The number of carbonyl (C=O) groups is 1. The molecule has 20 heavy (non-hydrogen) atoms. The van der Waals surface area contributed by atoms with Crippen molar-refractivity contribution in [3.05, 3.63) is 29.6 Å². The predicted molar refractivity (Wildman–Crippen MR) is 72.7 cm³/mol. The number of amides is 1. The monoisotopic (exact) mass is 275 g/mol. The number of hydrogen-bond acceptors (Lipinski definition) is 5. The summed E-state index contributed by atoms with van der Waals surface area (Å²) in [5.74, 6) is 5.43. The number of pyridine rings is 1. The Labute approximate surface area is 117 Å². The molecule has 0 aromatic carbocycles. The fourth-order valence-corrected chi connectivity index (χ4v) is 1.70. The van der Waals surface area contributed by atoms with E-state index in [0.717, 1.165) is 5.56 Å². The normalized spacial score (nSPS) is 15.2. The van der Waals surface area contributed by atoms with E-state index in [0.29, 0.717) is 38.4 Å². The van der Waals surface area contributed by atoms with Crippen LogP contribution >= 0.6 is 0 Å². The zero-order valence-electron chi connectivity index (χ0n) is 11.1. The summed E-state index contributed by atoms with van der Waals surface area (Å²) in [5, 5.41) is 10.5. The molecule has 0 atom stereocenters. The van der Waals surface area contributed by atoms with Gasteiger partial charge in [-0.05, 0) is 12.1 Å². The molecule has 6 nitrogen and oxygen atoms in total. The topological polar surface area (TPSA) is 74.7 Å². The standard InChI is InChI=1S/C14H17N3O3/c18-8-2-1-3-12-4-5-13(15-11-12)14(19)16-17-6-9-20-10-7-17/h4-5,11,18H,2,6-10H2,(H,16,19). The van der Waals surface area contributed by atoms with Crippen molar-refractivity contribution in [2.45, 2.75) is 6.42 Å². The van der Waals surface area contributed by atoms with Gasteiger partial charge in [0.05, 0.1) is 19.8 Å². The molecule has 0 unspecified atom stereocenters. The summed E-state index contributed by atoms with van der Waals surface area (Å²) in [7, 11) is 0. The summed E-state index contributed by atoms with van der Waals surface area (Å²) in [6.45, 7) is 2.63. The van der Waals surface area contributed by atoms with E-state index in [1.165, 1.54) is 0 Å². The molecule has 1 aromatic heterocycles. The number of rotatable bonds is 3. The van der Waals surface area contributed by atoms with Gasteiger partial charge in [0.1, 0.15) is 5.69 Å². The molecule has 6 heteroatoms. The smallest absolute Gasteiger partial charge is 0.284 e. The van der Waals surface area contributed by atoms with Crippen molar-refractivity contribution in [3.63, 3.8) is 0 Å². The number of aliphatic hydroxyl groups excluding tert-OH is 1. The van der Waals surface area contributed by atoms with Crippen LogP contribution in [0.1, 0.15) is 22.5 Å². The van der Waals surface area contributed by atoms with Crippen LogP contribution in [-0.4, -0.2) is 53.9 Å². The maximum Gasteiger partial charge on any atom is 0.284 e. The summed E-state index contributed by atoms with van der Waals surface area (Å²) in [6, 6.07) is 3.38. The van der Waals surface area contributed by atoms with Gasteiger partial charge in [0.2, 0.25) is 0 Å². The minimum absolute atomic E-state index is 0.0421. The van der Waals surface area contributed by atoms with Gasteiger partial charge in [0.15, 0.2) is 0 Å². The number of aromatic nitrogens is 1. The van der Waals surface area contributed by atoms with E-state index in [-0.39, 0.29) is 12.5 Å². The number of carbonyl (C=O) groups excluding carboxylic acids is 1. The SMILES string of the molecule is O=C(NN1CCOCC1)c1ccc(C#CCCO)cn1. The molecule has 1 aromatic rings. The van der Waals surface area contributed by atoms with Gasteiger partial charge in [-0.15, -0.1) is 0 Å². The first-order valence-corrected chi connectivity index (χ1v) is 6.49. The Morgan fingerprint density at radius 2 is 2.25 bits per heavy atom. The van der Waals surface area contributed by atoms with E-state index in [9.17, 15) is 4.79 Å². The first-order valence-electron chi connectivity index (χ1n) is 6.49. The first kappa shape index (κ1) is 14.5. The van der Waals surface area contributed by atoms with Crippen LogP contribution < -0.4 is 5.43 Å². The molecule has 1 aliphatic rings. The zero-order chi connectivity index (χ0) is 14.2. The molecule has 0 bridgehead atoms. The van der Waals surface area contributed by atoms with Crippen LogP contribution in [0, 0.1) is 11.8 Å². The molecular weight excluding hydrogens is 258 g/mol. The maximum atomic E-state index is 12.0. The van der Waals surface area contributed by atoms with Gasteiger partial charge < -0.3 is 9.84 Å². The van der Waals surface area contributed by atoms with Gasteiger partial charge in [-0.1, -0.05) is 11.8 Å². The molecule has 0 spiro atoms. The second-order valence-electron chi connectivity index (χ2n) is 4.25. The van der Waals surface area contributed by atoms with E-state index in [1.807, 2.05) is 5.01 Å². The van der Waals surface area contributed by atoms with Crippen molar-refractivity contribution in [1.82, 2.24) is 15.4 Å². The highest BCUT2D eigenvalue weighted by Crippen LogP contribution is 2.00. The number of nitrogens with one attached hydrogen (secondary N) is 1. The summed E-state index contributed by atoms with van der Waals surface area (Å²) >= 11 is 0. The third-order valence-electron chi connectivity index (χ3n) is 2.74. The minimum atomic E-state index is -0.234. The van der Waals surface area contributed by atoms with Gasteiger partial charge >= 0.3 is 0 Å². The lowest BCUT2D eigenvalue weighted by Crippen LogP contribution is -2.48. The highest BCUT2D eigenvalue weighted by Gasteiger charge is 2.14. The van der Waals surface area contributed by atoms with Crippen LogP contribution in [0.2, 0.25) is 0 Å². The van der Waals surface area contributed by atoms with Crippen LogP contribution in [-0.2, 0) is 4.74 Å². The summed E-state index contributed by atoms with van der Waals surface area (Å²) in [6.07, 6.45) is 1.98. The quantitative estimate of drug-likeness (QED) is 0.747. The summed E-state index contributed by atoms with van der Waals surface area (Å²) in [5.41, 5.74) is 3.86. The molecule has 2 heterocycles. The average Bonchev–Trinajstić information content (AvgIpc) is 2.49. The molecule has 106 valence electrons. The van der Waals surface area contributed by atoms with Crippen molar-refractivity contribution in [3.8, 4) is 11.8 Å². The Balaban J connectivity index is 1.92. The minimum Gasteiger partial charge on any atom is -0.395 e. The van der Waals surface area contributed by atoms with Crippen LogP contribution in [0.15, 0.2) is 18.3 Å². The molecule has 2 rings (SSSR count). The summed E-state index contributed by atoms with van der Waals surface area (Å²) in [4.78, 5) is 16.0. The Hall–Kier alpha value is -1.94. The van der Waals surface area contributed by atoms with Crippen molar-refractivity contribution >= 4 is 5.91 Å². The highest BCUT2D eigenvalue weighted by molar-refractivity contribution is 5.91. The van der Waals surface area contributed by atoms with E-state index in [1.54, 1.807) is 18.3 Å². The van der Waals surface area contributed by atoms with Gasteiger partial charge in [0.25, 0.3) is 5.91 Å². The average molecular weight is 275 g/mol. The number of nitrogens with zero attached hydrogens (tertiary/aromatic N) is 2. The highest BCUT2D eigenvalue weighted by atomic mass is 16.5. The molecular formula is C14H17N3O3. The molecule has 1 aliphatic heterocycles. The molecule has 2 N–H and O–H groups in total. The molecule has 1 fully saturated rings. The molecule has 0 aliphatic carbocycles. The second kappa shape index (κ2) is 7.60. The summed E-state index contributed by atoms with van der Waals surface area (Å²) < 4.78 is 5.21. The zero-order valence-corrected chi connectivity index (χ0v) is 11.1. The van der Waals surface area contributed by atoms with E-state index < -0.39 is 0 Å². The lowest BCUT2D eigenvalue weighted by molar-refractivity contribution is 0.0124. The van der Waals surface area contributed by atoms with Gasteiger partial charge in [0, 0.05) is 31.3 Å². The molecule has 0 radical (unpaired) electrons. The first-order chi connectivity index (χ1) is 9.79. The molecule has 1 saturated heterocycles. The number of aliphatic hydroxyl groups is 1. The second-order valence-corrected chi connectivity index (χ2v) is 4.25. The Bertz CT molecular complexity index is 499. The van der Waals surface area contributed by atoms with Gasteiger partial charge in [-0.3, -0.25) is 10.2 Å². The third-order valence-corrected chi connectivity index (χ3v) is 2.74. The lowest BCUT2D eigenvalue weighted by Gasteiger charge is -2.26. The van der Waals surface area contributed by atoms with Crippen LogP contribution in [0.25, 0.3) is 0 Å². The van der Waals surface area contributed by atoms with Crippen LogP contribution in [0.4, 0.5) is 0 Å². The van der Waals surface area contributed by atoms with Gasteiger partial charge in [-0.25, -0.2) is 9.99 Å².